The number of para-hydroxylation sites is 1. The molecule has 0 fully saturated rings. The maximum absolute atomic E-state index is 12.0. The van der Waals surface area contributed by atoms with Crippen LogP contribution in [0, 0.1) is 0 Å². The molecule has 3 N–H and O–H groups in total. The van der Waals surface area contributed by atoms with E-state index < -0.39 is 0 Å². The molecule has 0 heterocycles. The van der Waals surface area contributed by atoms with Crippen molar-refractivity contribution < 1.29 is 9.53 Å². The number of amides is 1. The third-order valence-corrected chi connectivity index (χ3v) is 2.39. The molecule has 0 atom stereocenters. The Morgan fingerprint density at radius 1 is 1.61 bits per heavy atom. The molecule has 0 bridgehead atoms. The molecule has 0 aliphatic heterocycles. The minimum Gasteiger partial charge on any atom is -0.496 e. The molecule has 1 aromatic rings. The molecule has 0 aromatic heterocycles. The molecule has 0 spiro atoms. The lowest BCUT2D eigenvalue weighted by Gasteiger charge is -2.22. The van der Waals surface area contributed by atoms with Crippen molar-refractivity contribution >= 4 is 23.2 Å². The van der Waals surface area contributed by atoms with Gasteiger partial charge in [-0.15, -0.1) is 6.58 Å². The first-order valence-electron chi connectivity index (χ1n) is 5.22. The Hall–Kier alpha value is -2.08. The van der Waals surface area contributed by atoms with Crippen LogP contribution in [0.25, 0.3) is 0 Å². The Morgan fingerprint density at radius 3 is 2.83 bits per heavy atom. The summed E-state index contributed by atoms with van der Waals surface area (Å²) in [6.45, 7) is 3.89. The van der Waals surface area contributed by atoms with Crippen molar-refractivity contribution in [2.75, 3.05) is 13.7 Å². The van der Waals surface area contributed by atoms with E-state index in [0.717, 1.165) is 0 Å². The van der Waals surface area contributed by atoms with Gasteiger partial charge in [-0.2, -0.15) is 0 Å². The van der Waals surface area contributed by atoms with Crippen LogP contribution in [0.1, 0.15) is 10.4 Å². The number of hydrogen-bond donors (Lipinski definition) is 2. The SMILES string of the molecule is C=CCN(NC(=O)c1ccccc1OC)C(N)=S. The number of ether oxygens (including phenoxy) is 1. The molecule has 0 saturated heterocycles. The molecule has 0 saturated carbocycles. The zero-order valence-corrected chi connectivity index (χ0v) is 10.9. The summed E-state index contributed by atoms with van der Waals surface area (Å²) in [5.41, 5.74) is 8.48. The second-order valence-electron chi connectivity index (χ2n) is 3.38. The summed E-state index contributed by atoms with van der Waals surface area (Å²) in [5.74, 6) is 0.138. The van der Waals surface area contributed by atoms with E-state index >= 15 is 0 Å². The molecule has 0 aliphatic carbocycles. The van der Waals surface area contributed by atoms with Crippen molar-refractivity contribution in [2.24, 2.45) is 5.73 Å². The van der Waals surface area contributed by atoms with Crippen LogP contribution in [0.5, 0.6) is 5.75 Å². The fourth-order valence-corrected chi connectivity index (χ4v) is 1.46. The molecule has 0 radical (unpaired) electrons. The summed E-state index contributed by atoms with van der Waals surface area (Å²) in [7, 11) is 1.50. The monoisotopic (exact) mass is 265 g/mol. The first-order valence-corrected chi connectivity index (χ1v) is 5.62. The molecular formula is C12H15N3O2S. The first kappa shape index (κ1) is 14.0. The normalized spacial score (nSPS) is 9.39. The van der Waals surface area contributed by atoms with E-state index in [4.69, 9.17) is 22.7 Å². The Bertz CT molecular complexity index is 462. The topological polar surface area (TPSA) is 67.6 Å². The number of carbonyl (C=O) groups excluding carboxylic acids is 1. The molecule has 0 unspecified atom stereocenters. The van der Waals surface area contributed by atoms with Crippen molar-refractivity contribution in [3.63, 3.8) is 0 Å². The fraction of sp³-hybridized carbons (Fsp3) is 0.167. The van der Waals surface area contributed by atoms with E-state index in [1.165, 1.54) is 12.1 Å². The van der Waals surface area contributed by atoms with Crippen molar-refractivity contribution in [1.82, 2.24) is 10.4 Å². The average Bonchev–Trinajstić information content (AvgIpc) is 2.37. The number of nitrogens with one attached hydrogen (secondary N) is 1. The van der Waals surface area contributed by atoms with Crippen molar-refractivity contribution in [2.45, 2.75) is 0 Å². The molecule has 18 heavy (non-hydrogen) atoms. The lowest BCUT2D eigenvalue weighted by atomic mass is 10.2. The Morgan fingerprint density at radius 2 is 2.28 bits per heavy atom. The van der Waals surface area contributed by atoms with Crippen LogP contribution in [0.2, 0.25) is 0 Å². The van der Waals surface area contributed by atoms with E-state index in [1.54, 1.807) is 30.3 Å². The van der Waals surface area contributed by atoms with Gasteiger partial charge in [0.05, 0.1) is 19.2 Å². The number of hydrazine groups is 1. The summed E-state index contributed by atoms with van der Waals surface area (Å²) >= 11 is 4.82. The van der Waals surface area contributed by atoms with Gasteiger partial charge in [0.2, 0.25) is 0 Å². The van der Waals surface area contributed by atoms with Crippen molar-refractivity contribution in [1.29, 1.82) is 0 Å². The highest BCUT2D eigenvalue weighted by molar-refractivity contribution is 7.80. The summed E-state index contributed by atoms with van der Waals surface area (Å²) in [4.78, 5) is 12.0. The van der Waals surface area contributed by atoms with Gasteiger partial charge < -0.3 is 10.5 Å². The van der Waals surface area contributed by atoms with Gasteiger partial charge in [0.1, 0.15) is 5.75 Å². The smallest absolute Gasteiger partial charge is 0.273 e. The number of thiocarbonyl (C=S) groups is 1. The maximum atomic E-state index is 12.0. The van der Waals surface area contributed by atoms with E-state index in [1.807, 2.05) is 0 Å². The van der Waals surface area contributed by atoms with Crippen LogP contribution < -0.4 is 15.9 Å². The van der Waals surface area contributed by atoms with E-state index in [2.05, 4.69) is 12.0 Å². The van der Waals surface area contributed by atoms with E-state index in [9.17, 15) is 4.79 Å². The second-order valence-corrected chi connectivity index (χ2v) is 3.80. The molecule has 5 nitrogen and oxygen atoms in total. The molecule has 1 aromatic carbocycles. The third kappa shape index (κ3) is 3.46. The molecule has 96 valence electrons. The Labute approximate surface area is 111 Å². The number of nitrogens with zero attached hydrogens (tertiary/aromatic N) is 1. The zero-order chi connectivity index (χ0) is 13.5. The molecule has 0 aliphatic rings. The van der Waals surface area contributed by atoms with E-state index in [0.29, 0.717) is 17.9 Å². The number of rotatable bonds is 4. The van der Waals surface area contributed by atoms with Gasteiger partial charge in [-0.3, -0.25) is 15.2 Å². The number of nitrogens with two attached hydrogens (primary N) is 1. The highest BCUT2D eigenvalue weighted by atomic mass is 32.1. The van der Waals surface area contributed by atoms with Gasteiger partial charge in [-0.1, -0.05) is 18.2 Å². The first-order chi connectivity index (χ1) is 8.60. The lowest BCUT2D eigenvalue weighted by molar-refractivity contribution is 0.0876. The van der Waals surface area contributed by atoms with Crippen LogP contribution in [0.15, 0.2) is 36.9 Å². The molecule has 1 amide bonds. The van der Waals surface area contributed by atoms with Gasteiger partial charge >= 0.3 is 0 Å². The predicted molar refractivity (Wildman–Crippen MR) is 74.1 cm³/mol. The minimum atomic E-state index is -0.345. The van der Waals surface area contributed by atoms with Crippen molar-refractivity contribution in [3.8, 4) is 5.75 Å². The van der Waals surface area contributed by atoms with E-state index in [-0.39, 0.29) is 11.0 Å². The largest absolute Gasteiger partial charge is 0.496 e. The summed E-state index contributed by atoms with van der Waals surface area (Å²) in [6.07, 6.45) is 1.58. The number of methoxy groups -OCH3 is 1. The predicted octanol–water partition coefficient (Wildman–Crippen LogP) is 1.07. The number of benzene rings is 1. The lowest BCUT2D eigenvalue weighted by Crippen LogP contribution is -2.48. The standard InChI is InChI=1S/C12H15N3O2S/c1-3-8-15(12(13)18)14-11(16)9-6-4-5-7-10(9)17-2/h3-7H,1,8H2,2H3,(H2,13,18)(H,14,16). The van der Waals surface area contributed by atoms with Gasteiger partial charge in [0.15, 0.2) is 5.11 Å². The fourth-order valence-electron chi connectivity index (χ4n) is 1.33. The Balaban J connectivity index is 2.86. The average molecular weight is 265 g/mol. The quantitative estimate of drug-likeness (QED) is 0.484. The molecular weight excluding hydrogens is 250 g/mol. The van der Waals surface area contributed by atoms with Crippen LogP contribution >= 0.6 is 12.2 Å². The summed E-state index contributed by atoms with van der Waals surface area (Å²) < 4.78 is 5.10. The number of hydrogen-bond acceptors (Lipinski definition) is 3. The highest BCUT2D eigenvalue weighted by Gasteiger charge is 2.14. The molecule has 6 heteroatoms. The maximum Gasteiger partial charge on any atom is 0.273 e. The van der Waals surface area contributed by atoms with Crippen molar-refractivity contribution in [3.05, 3.63) is 42.5 Å². The van der Waals surface area contributed by atoms with Crippen LogP contribution in [0.3, 0.4) is 0 Å². The Kier molecular flexibility index (Phi) is 5.13. The van der Waals surface area contributed by atoms with Crippen LogP contribution in [-0.4, -0.2) is 29.7 Å². The summed E-state index contributed by atoms with van der Waals surface area (Å²) in [5, 5.41) is 1.40. The van der Waals surface area contributed by atoms with Gasteiger partial charge in [-0.05, 0) is 24.4 Å². The third-order valence-electron chi connectivity index (χ3n) is 2.17. The van der Waals surface area contributed by atoms with Gasteiger partial charge in [0.25, 0.3) is 5.91 Å². The highest BCUT2D eigenvalue weighted by Crippen LogP contribution is 2.16. The van der Waals surface area contributed by atoms with Gasteiger partial charge in [-0.25, -0.2) is 0 Å². The number of carbonyl (C=O) groups is 1. The van der Waals surface area contributed by atoms with Crippen LogP contribution in [0.4, 0.5) is 0 Å². The minimum absolute atomic E-state index is 0.0677. The second kappa shape index (κ2) is 6.61. The zero-order valence-electron chi connectivity index (χ0n) is 10.1. The van der Waals surface area contributed by atoms with Gasteiger partial charge in [0, 0.05) is 0 Å². The van der Waals surface area contributed by atoms with Crippen LogP contribution in [-0.2, 0) is 0 Å². The molecule has 1 rings (SSSR count). The summed E-state index contributed by atoms with van der Waals surface area (Å²) in [6, 6.07) is 6.88.